The molecule has 2 aromatic rings. The van der Waals surface area contributed by atoms with Gasteiger partial charge in [-0.1, -0.05) is 18.2 Å². The molecule has 2 aliphatic heterocycles. The number of rotatable bonds is 2. The zero-order valence-electron chi connectivity index (χ0n) is 12.1. The summed E-state index contributed by atoms with van der Waals surface area (Å²) in [6.07, 6.45) is 6.61. The molecule has 2 N–H and O–H groups in total. The lowest BCUT2D eigenvalue weighted by atomic mass is 9.97. The van der Waals surface area contributed by atoms with Crippen LogP contribution in [0.5, 0.6) is 0 Å². The summed E-state index contributed by atoms with van der Waals surface area (Å²) in [5, 5.41) is 4.25. The molecule has 2 atom stereocenters. The number of para-hydroxylation sites is 1. The van der Waals surface area contributed by atoms with Crippen LogP contribution in [0.1, 0.15) is 36.0 Å². The van der Waals surface area contributed by atoms with Crippen LogP contribution in [0.25, 0.3) is 10.9 Å². The summed E-state index contributed by atoms with van der Waals surface area (Å²) in [7, 11) is 0. The summed E-state index contributed by atoms with van der Waals surface area (Å²) >= 11 is 0. The third-order valence-electron chi connectivity index (χ3n) is 4.99. The Balaban J connectivity index is 1.48. The van der Waals surface area contributed by atoms with Gasteiger partial charge in [0.05, 0.1) is 5.56 Å². The molecule has 0 aliphatic carbocycles. The van der Waals surface area contributed by atoms with Crippen LogP contribution in [0, 0.1) is 0 Å². The molecule has 1 amide bonds. The minimum atomic E-state index is 0.0592. The van der Waals surface area contributed by atoms with Gasteiger partial charge < -0.3 is 15.2 Å². The summed E-state index contributed by atoms with van der Waals surface area (Å²) in [4.78, 5) is 18.3. The van der Waals surface area contributed by atoms with E-state index in [0.717, 1.165) is 35.9 Å². The molecule has 21 heavy (non-hydrogen) atoms. The number of carbonyl (C=O) groups excluding carboxylic acids is 1. The fourth-order valence-electron chi connectivity index (χ4n) is 3.88. The van der Waals surface area contributed by atoms with Gasteiger partial charge in [0.2, 0.25) is 0 Å². The second kappa shape index (κ2) is 5.19. The Kier molecular flexibility index (Phi) is 3.19. The molecule has 1 aromatic heterocycles. The number of nitrogens with zero attached hydrogens (tertiary/aromatic N) is 1. The molecule has 1 aromatic carbocycles. The van der Waals surface area contributed by atoms with E-state index in [1.165, 1.54) is 19.4 Å². The van der Waals surface area contributed by atoms with Crippen LogP contribution >= 0.6 is 0 Å². The SMILES string of the molecule is O=C(NC1CCN2CCCC2C1)c1c[nH]c2ccccc12. The van der Waals surface area contributed by atoms with Crippen molar-refractivity contribution in [3.8, 4) is 0 Å². The summed E-state index contributed by atoms with van der Waals surface area (Å²) in [5.74, 6) is 0.0592. The van der Waals surface area contributed by atoms with E-state index >= 15 is 0 Å². The van der Waals surface area contributed by atoms with E-state index in [1.54, 1.807) is 0 Å². The van der Waals surface area contributed by atoms with Gasteiger partial charge in [-0.15, -0.1) is 0 Å². The highest BCUT2D eigenvalue weighted by Gasteiger charge is 2.32. The first-order valence-corrected chi connectivity index (χ1v) is 7.92. The summed E-state index contributed by atoms with van der Waals surface area (Å²) < 4.78 is 0. The fourth-order valence-corrected chi connectivity index (χ4v) is 3.88. The van der Waals surface area contributed by atoms with Crippen molar-refractivity contribution in [2.75, 3.05) is 13.1 Å². The maximum atomic E-state index is 12.5. The maximum absolute atomic E-state index is 12.5. The highest BCUT2D eigenvalue weighted by atomic mass is 16.1. The Morgan fingerprint density at radius 2 is 2.14 bits per heavy atom. The number of aromatic nitrogens is 1. The third-order valence-corrected chi connectivity index (χ3v) is 4.99. The molecule has 2 aliphatic rings. The van der Waals surface area contributed by atoms with Crippen molar-refractivity contribution >= 4 is 16.8 Å². The molecular weight excluding hydrogens is 262 g/mol. The van der Waals surface area contributed by atoms with Crippen molar-refractivity contribution in [1.82, 2.24) is 15.2 Å². The molecule has 4 heteroatoms. The fraction of sp³-hybridized carbons (Fsp3) is 0.471. The number of H-pyrrole nitrogens is 1. The molecule has 4 nitrogen and oxygen atoms in total. The van der Waals surface area contributed by atoms with Crippen molar-refractivity contribution in [2.45, 2.75) is 37.8 Å². The second-order valence-electron chi connectivity index (χ2n) is 6.27. The Bertz CT molecular complexity index is 663. The van der Waals surface area contributed by atoms with Crippen LogP contribution in [0.15, 0.2) is 30.5 Å². The number of piperidine rings is 1. The van der Waals surface area contributed by atoms with Crippen molar-refractivity contribution in [1.29, 1.82) is 0 Å². The summed E-state index contributed by atoms with van der Waals surface area (Å²) in [6.45, 7) is 2.37. The van der Waals surface area contributed by atoms with Gasteiger partial charge in [0, 0.05) is 35.7 Å². The molecule has 0 radical (unpaired) electrons. The van der Waals surface area contributed by atoms with Crippen molar-refractivity contribution in [3.05, 3.63) is 36.0 Å². The predicted molar refractivity (Wildman–Crippen MR) is 83.4 cm³/mol. The maximum Gasteiger partial charge on any atom is 0.253 e. The van der Waals surface area contributed by atoms with Gasteiger partial charge >= 0.3 is 0 Å². The molecule has 2 fully saturated rings. The van der Waals surface area contributed by atoms with E-state index in [0.29, 0.717) is 12.1 Å². The monoisotopic (exact) mass is 283 g/mol. The lowest BCUT2D eigenvalue weighted by molar-refractivity contribution is 0.0898. The largest absolute Gasteiger partial charge is 0.360 e. The number of carbonyl (C=O) groups is 1. The normalized spacial score (nSPS) is 25.9. The van der Waals surface area contributed by atoms with Crippen LogP contribution in [0.4, 0.5) is 0 Å². The number of nitrogens with one attached hydrogen (secondary N) is 2. The molecular formula is C17H21N3O. The number of aromatic amines is 1. The van der Waals surface area contributed by atoms with Crippen LogP contribution in [0.3, 0.4) is 0 Å². The standard InChI is InChI=1S/C17H21N3O/c21-17(15-11-18-16-6-2-1-5-14(15)16)19-12-7-9-20-8-3-4-13(20)10-12/h1-2,5-6,11-13,18H,3-4,7-10H2,(H,19,21). The van der Waals surface area contributed by atoms with Gasteiger partial charge in [-0.25, -0.2) is 0 Å². The number of hydrogen-bond acceptors (Lipinski definition) is 2. The van der Waals surface area contributed by atoms with Crippen LogP contribution in [-0.2, 0) is 0 Å². The Labute approximate surface area is 124 Å². The number of benzene rings is 1. The zero-order chi connectivity index (χ0) is 14.2. The van der Waals surface area contributed by atoms with Crippen LogP contribution < -0.4 is 5.32 Å². The van der Waals surface area contributed by atoms with E-state index in [2.05, 4.69) is 15.2 Å². The molecule has 110 valence electrons. The van der Waals surface area contributed by atoms with E-state index < -0.39 is 0 Å². The Morgan fingerprint density at radius 1 is 1.24 bits per heavy atom. The van der Waals surface area contributed by atoms with Gasteiger partial charge in [0.25, 0.3) is 5.91 Å². The number of fused-ring (bicyclic) bond motifs is 2. The van der Waals surface area contributed by atoms with Crippen LogP contribution in [-0.4, -0.2) is 41.0 Å². The highest BCUT2D eigenvalue weighted by Crippen LogP contribution is 2.27. The van der Waals surface area contributed by atoms with E-state index in [9.17, 15) is 4.79 Å². The smallest absolute Gasteiger partial charge is 0.253 e. The van der Waals surface area contributed by atoms with Crippen molar-refractivity contribution in [2.24, 2.45) is 0 Å². The van der Waals surface area contributed by atoms with Gasteiger partial charge in [0.15, 0.2) is 0 Å². The zero-order valence-corrected chi connectivity index (χ0v) is 12.1. The molecule has 0 spiro atoms. The minimum Gasteiger partial charge on any atom is -0.360 e. The first-order chi connectivity index (χ1) is 10.3. The average Bonchev–Trinajstić information content (AvgIpc) is 3.13. The number of hydrogen-bond donors (Lipinski definition) is 2. The second-order valence-corrected chi connectivity index (χ2v) is 6.27. The summed E-state index contributed by atoms with van der Waals surface area (Å²) in [5.41, 5.74) is 1.78. The lowest BCUT2D eigenvalue weighted by Crippen LogP contribution is -2.47. The van der Waals surface area contributed by atoms with Gasteiger partial charge in [-0.05, 0) is 38.3 Å². The molecule has 2 unspecified atom stereocenters. The molecule has 0 bridgehead atoms. The number of amides is 1. The molecule has 4 rings (SSSR count). The van der Waals surface area contributed by atoms with Gasteiger partial charge in [-0.2, -0.15) is 0 Å². The van der Waals surface area contributed by atoms with Gasteiger partial charge in [0.1, 0.15) is 0 Å². The lowest BCUT2D eigenvalue weighted by Gasteiger charge is -2.35. The predicted octanol–water partition coefficient (Wildman–Crippen LogP) is 2.52. The first kappa shape index (κ1) is 12.9. The average molecular weight is 283 g/mol. The van der Waals surface area contributed by atoms with Gasteiger partial charge in [-0.3, -0.25) is 4.79 Å². The van der Waals surface area contributed by atoms with Crippen LogP contribution in [0.2, 0.25) is 0 Å². The summed E-state index contributed by atoms with van der Waals surface area (Å²) in [6, 6.07) is 8.97. The van der Waals surface area contributed by atoms with E-state index in [1.807, 2.05) is 30.5 Å². The Hall–Kier alpha value is -1.81. The molecule has 3 heterocycles. The quantitative estimate of drug-likeness (QED) is 0.889. The van der Waals surface area contributed by atoms with E-state index in [-0.39, 0.29) is 5.91 Å². The van der Waals surface area contributed by atoms with Crippen molar-refractivity contribution in [3.63, 3.8) is 0 Å². The Morgan fingerprint density at radius 3 is 3.10 bits per heavy atom. The molecule has 2 saturated heterocycles. The third kappa shape index (κ3) is 2.33. The highest BCUT2D eigenvalue weighted by molar-refractivity contribution is 6.06. The minimum absolute atomic E-state index is 0.0592. The first-order valence-electron chi connectivity index (χ1n) is 7.92. The van der Waals surface area contributed by atoms with E-state index in [4.69, 9.17) is 0 Å². The van der Waals surface area contributed by atoms with Crippen molar-refractivity contribution < 1.29 is 4.79 Å². The topological polar surface area (TPSA) is 48.1 Å². The molecule has 0 saturated carbocycles.